The van der Waals surface area contributed by atoms with Crippen LogP contribution >= 0.6 is 0 Å². The molecule has 7 heteroatoms. The molecule has 0 aliphatic carbocycles. The van der Waals surface area contributed by atoms with Gasteiger partial charge in [0.25, 0.3) is 0 Å². The van der Waals surface area contributed by atoms with Crippen molar-refractivity contribution >= 4 is 12.0 Å². The van der Waals surface area contributed by atoms with Gasteiger partial charge in [-0.2, -0.15) is 0 Å². The van der Waals surface area contributed by atoms with Crippen LogP contribution in [0, 0.1) is 11.6 Å². The highest BCUT2D eigenvalue weighted by molar-refractivity contribution is 5.74. The number of hydrogen-bond donors (Lipinski definition) is 3. The highest BCUT2D eigenvalue weighted by Gasteiger charge is 2.10. The lowest BCUT2D eigenvalue weighted by atomic mass is 10.2. The molecule has 3 N–H and O–H groups in total. The molecular formula is C13H16F2N2O3. The van der Waals surface area contributed by atoms with Gasteiger partial charge in [0.05, 0.1) is 0 Å². The Bertz CT molecular complexity index is 495. The van der Waals surface area contributed by atoms with E-state index in [-0.39, 0.29) is 31.0 Å². The Hall–Kier alpha value is -2.18. The molecule has 1 unspecified atom stereocenters. The second-order valence-electron chi connectivity index (χ2n) is 4.40. The van der Waals surface area contributed by atoms with Crippen molar-refractivity contribution in [3.63, 3.8) is 0 Å². The van der Waals surface area contributed by atoms with Gasteiger partial charge in [-0.15, -0.1) is 0 Å². The zero-order chi connectivity index (χ0) is 15.1. The van der Waals surface area contributed by atoms with Crippen LogP contribution in [0.2, 0.25) is 0 Å². The lowest BCUT2D eigenvalue weighted by Crippen LogP contribution is -2.40. The van der Waals surface area contributed by atoms with Crippen LogP contribution in [0.5, 0.6) is 0 Å². The van der Waals surface area contributed by atoms with Gasteiger partial charge in [0.2, 0.25) is 0 Å². The molecule has 5 nitrogen and oxygen atoms in total. The van der Waals surface area contributed by atoms with Crippen molar-refractivity contribution in [3.8, 4) is 0 Å². The summed E-state index contributed by atoms with van der Waals surface area (Å²) in [6.45, 7) is 1.51. The Balaban J connectivity index is 2.39. The Labute approximate surface area is 115 Å². The van der Waals surface area contributed by atoms with E-state index in [1.807, 2.05) is 0 Å². The molecule has 1 aromatic rings. The number of hydrogen-bond acceptors (Lipinski definition) is 2. The van der Waals surface area contributed by atoms with Crippen molar-refractivity contribution in [2.45, 2.75) is 32.4 Å². The molecule has 20 heavy (non-hydrogen) atoms. The average molecular weight is 286 g/mol. The number of carbonyl (C=O) groups is 2. The quantitative estimate of drug-likeness (QED) is 0.748. The van der Waals surface area contributed by atoms with Gasteiger partial charge in [-0.3, -0.25) is 4.79 Å². The van der Waals surface area contributed by atoms with E-state index in [2.05, 4.69) is 10.6 Å². The number of carbonyl (C=O) groups excluding carboxylic acids is 1. The highest BCUT2D eigenvalue weighted by atomic mass is 19.1. The van der Waals surface area contributed by atoms with Crippen LogP contribution in [-0.4, -0.2) is 23.1 Å². The summed E-state index contributed by atoms with van der Waals surface area (Å²) in [7, 11) is 0. The molecule has 1 rings (SSSR count). The van der Waals surface area contributed by atoms with Crippen LogP contribution in [0.25, 0.3) is 0 Å². The Morgan fingerprint density at radius 2 is 2.05 bits per heavy atom. The van der Waals surface area contributed by atoms with E-state index >= 15 is 0 Å². The number of carboxylic acid groups (broad SMARTS) is 1. The number of halogens is 2. The van der Waals surface area contributed by atoms with Crippen molar-refractivity contribution in [2.24, 2.45) is 0 Å². The number of nitrogens with one attached hydrogen (secondary N) is 2. The third-order valence-electron chi connectivity index (χ3n) is 2.62. The normalized spacial score (nSPS) is 11.8. The summed E-state index contributed by atoms with van der Waals surface area (Å²) >= 11 is 0. The molecule has 0 aromatic heterocycles. The SMILES string of the molecule is CC(CCC(=O)O)NC(=O)NCc1cc(F)ccc1F. The smallest absolute Gasteiger partial charge is 0.315 e. The van der Waals surface area contributed by atoms with Crippen molar-refractivity contribution in [1.82, 2.24) is 10.6 Å². The number of carboxylic acids is 1. The molecule has 0 bridgehead atoms. The first-order valence-electron chi connectivity index (χ1n) is 6.08. The number of amides is 2. The second-order valence-corrected chi connectivity index (χ2v) is 4.40. The second kappa shape index (κ2) is 7.42. The van der Waals surface area contributed by atoms with Gasteiger partial charge in [0.15, 0.2) is 0 Å². The van der Waals surface area contributed by atoms with Crippen LogP contribution < -0.4 is 10.6 Å². The van der Waals surface area contributed by atoms with Crippen molar-refractivity contribution in [1.29, 1.82) is 0 Å². The van der Waals surface area contributed by atoms with Gasteiger partial charge < -0.3 is 15.7 Å². The molecule has 0 radical (unpaired) electrons. The zero-order valence-electron chi connectivity index (χ0n) is 11.0. The number of aliphatic carboxylic acids is 1. The number of rotatable bonds is 6. The zero-order valence-corrected chi connectivity index (χ0v) is 11.0. The maximum atomic E-state index is 13.3. The van der Waals surface area contributed by atoms with E-state index in [1.165, 1.54) is 0 Å². The number of benzene rings is 1. The minimum Gasteiger partial charge on any atom is -0.481 e. The standard InChI is InChI=1S/C13H16F2N2O3/c1-8(2-5-12(18)19)17-13(20)16-7-9-6-10(14)3-4-11(9)15/h3-4,6,8H,2,5,7H2,1H3,(H,18,19)(H2,16,17,20). The highest BCUT2D eigenvalue weighted by Crippen LogP contribution is 2.09. The van der Waals surface area contributed by atoms with Gasteiger partial charge in [0.1, 0.15) is 11.6 Å². The summed E-state index contributed by atoms with van der Waals surface area (Å²) in [5.74, 6) is -2.13. The minimum absolute atomic E-state index is 0.0401. The first-order valence-corrected chi connectivity index (χ1v) is 6.08. The van der Waals surface area contributed by atoms with Crippen LogP contribution in [-0.2, 0) is 11.3 Å². The topological polar surface area (TPSA) is 78.4 Å². The molecule has 110 valence electrons. The Kier molecular flexibility index (Phi) is 5.89. The summed E-state index contributed by atoms with van der Waals surface area (Å²) in [5, 5.41) is 13.4. The van der Waals surface area contributed by atoms with Gasteiger partial charge in [-0.05, 0) is 31.5 Å². The van der Waals surface area contributed by atoms with E-state index in [9.17, 15) is 18.4 Å². The fourth-order valence-electron chi connectivity index (χ4n) is 1.54. The monoisotopic (exact) mass is 286 g/mol. The predicted octanol–water partition coefficient (Wildman–Crippen LogP) is 2.02. The third-order valence-corrected chi connectivity index (χ3v) is 2.62. The molecule has 2 amide bonds. The molecule has 0 saturated carbocycles. The molecular weight excluding hydrogens is 270 g/mol. The van der Waals surface area contributed by atoms with Crippen molar-refractivity contribution < 1.29 is 23.5 Å². The number of urea groups is 1. The van der Waals surface area contributed by atoms with E-state index in [0.717, 1.165) is 18.2 Å². The lowest BCUT2D eigenvalue weighted by Gasteiger charge is -2.14. The van der Waals surface area contributed by atoms with Crippen LogP contribution in [0.15, 0.2) is 18.2 Å². The fourth-order valence-corrected chi connectivity index (χ4v) is 1.54. The lowest BCUT2D eigenvalue weighted by molar-refractivity contribution is -0.137. The summed E-state index contributed by atoms with van der Waals surface area (Å²) in [6.07, 6.45) is 0.233. The summed E-state index contributed by atoms with van der Waals surface area (Å²) in [5.41, 5.74) is 0.0401. The van der Waals surface area contributed by atoms with Crippen LogP contribution in [0.4, 0.5) is 13.6 Å². The predicted molar refractivity (Wildman–Crippen MR) is 68.1 cm³/mol. The van der Waals surface area contributed by atoms with Gasteiger partial charge >= 0.3 is 12.0 Å². The van der Waals surface area contributed by atoms with Crippen LogP contribution in [0.1, 0.15) is 25.3 Å². The summed E-state index contributed by atoms with van der Waals surface area (Å²) in [6, 6.07) is 2.09. The third kappa shape index (κ3) is 5.64. The molecule has 0 aliphatic heterocycles. The largest absolute Gasteiger partial charge is 0.481 e. The van der Waals surface area contributed by atoms with Gasteiger partial charge in [-0.25, -0.2) is 13.6 Å². The molecule has 1 aromatic carbocycles. The Morgan fingerprint density at radius 1 is 1.35 bits per heavy atom. The summed E-state index contributed by atoms with van der Waals surface area (Å²) in [4.78, 5) is 21.8. The summed E-state index contributed by atoms with van der Waals surface area (Å²) < 4.78 is 26.2. The van der Waals surface area contributed by atoms with E-state index in [1.54, 1.807) is 6.92 Å². The fraction of sp³-hybridized carbons (Fsp3) is 0.385. The van der Waals surface area contributed by atoms with E-state index in [0.29, 0.717) is 0 Å². The maximum Gasteiger partial charge on any atom is 0.315 e. The van der Waals surface area contributed by atoms with Crippen molar-refractivity contribution in [3.05, 3.63) is 35.4 Å². The Morgan fingerprint density at radius 3 is 2.70 bits per heavy atom. The maximum absolute atomic E-state index is 13.3. The molecule has 0 aliphatic rings. The first-order chi connectivity index (χ1) is 9.38. The molecule has 0 saturated heterocycles. The van der Waals surface area contributed by atoms with Gasteiger partial charge in [0, 0.05) is 24.6 Å². The molecule has 0 spiro atoms. The molecule has 0 heterocycles. The van der Waals surface area contributed by atoms with Gasteiger partial charge in [-0.1, -0.05) is 0 Å². The van der Waals surface area contributed by atoms with Crippen LogP contribution in [0.3, 0.4) is 0 Å². The van der Waals surface area contributed by atoms with Crippen molar-refractivity contribution in [2.75, 3.05) is 0 Å². The molecule has 1 atom stereocenters. The van der Waals surface area contributed by atoms with E-state index in [4.69, 9.17) is 5.11 Å². The average Bonchev–Trinajstić information content (AvgIpc) is 2.37. The minimum atomic E-state index is -0.944. The first kappa shape index (κ1) is 15.9. The van der Waals surface area contributed by atoms with E-state index < -0.39 is 23.6 Å². The molecule has 0 fully saturated rings.